The Labute approximate surface area is 190 Å². The molecule has 0 aliphatic carbocycles. The molecule has 0 saturated carbocycles. The summed E-state index contributed by atoms with van der Waals surface area (Å²) in [6.07, 6.45) is 0.0329. The zero-order chi connectivity index (χ0) is 25.6. The summed E-state index contributed by atoms with van der Waals surface area (Å²) in [5, 5.41) is 25.3. The van der Waals surface area contributed by atoms with Crippen LogP contribution in [0.1, 0.15) is 38.5 Å². The fourth-order valence-electron chi connectivity index (χ4n) is 2.61. The van der Waals surface area contributed by atoms with Crippen LogP contribution in [0.4, 0.5) is 0 Å². The first kappa shape index (κ1) is 29.7. The Morgan fingerprint density at radius 3 is 1.79 bits per heavy atom. The predicted octanol–water partition coefficient (Wildman–Crippen LogP) is -4.89. The zero-order valence-corrected chi connectivity index (χ0v) is 18.1. The Hall–Kier alpha value is -3.30. The van der Waals surface area contributed by atoms with Crippen LogP contribution in [-0.4, -0.2) is 83.0 Å². The topological polar surface area (TPSA) is 283 Å². The van der Waals surface area contributed by atoms with Crippen molar-refractivity contribution >= 4 is 35.5 Å². The molecule has 0 saturated heterocycles. The number of aliphatic carboxylic acids is 1. The van der Waals surface area contributed by atoms with Crippen LogP contribution in [0.3, 0.4) is 0 Å². The summed E-state index contributed by atoms with van der Waals surface area (Å²) in [5.41, 5.74) is 21.0. The van der Waals surface area contributed by atoms with Gasteiger partial charge in [0.1, 0.15) is 18.1 Å². The molecule has 0 aromatic heterocycles. The van der Waals surface area contributed by atoms with Crippen molar-refractivity contribution in [3.05, 3.63) is 0 Å². The average Bonchev–Trinajstić information content (AvgIpc) is 2.73. The van der Waals surface area contributed by atoms with Gasteiger partial charge >= 0.3 is 5.97 Å². The first-order valence-corrected chi connectivity index (χ1v) is 10.2. The standard InChI is InChI=1S/C18H33N7O8/c19-6-2-1-3-10(16(30)24-11(18(32)33)7-14(22)28)23-17(31)12(8-26)25-15(29)9(20)4-5-13(21)27/h9-12,26H,1-8,19-20H2,(H2,21,27)(H2,22,28)(H,23,31)(H,24,30)(H,25,29)(H,32,33). The highest BCUT2D eigenvalue weighted by Crippen LogP contribution is 2.04. The number of hydrogen-bond acceptors (Lipinski definition) is 9. The summed E-state index contributed by atoms with van der Waals surface area (Å²) in [6, 6.07) is -5.52. The monoisotopic (exact) mass is 475 g/mol. The van der Waals surface area contributed by atoms with Gasteiger partial charge in [-0.15, -0.1) is 0 Å². The number of rotatable bonds is 17. The largest absolute Gasteiger partial charge is 0.480 e. The molecule has 188 valence electrons. The van der Waals surface area contributed by atoms with Gasteiger partial charge in [-0.05, 0) is 32.2 Å². The Kier molecular flexibility index (Phi) is 13.9. The van der Waals surface area contributed by atoms with Crippen LogP contribution in [-0.2, 0) is 28.8 Å². The van der Waals surface area contributed by atoms with Crippen LogP contribution in [0.2, 0.25) is 0 Å². The van der Waals surface area contributed by atoms with E-state index < -0.39 is 72.7 Å². The minimum absolute atomic E-state index is 0.0574. The van der Waals surface area contributed by atoms with Crippen LogP contribution in [0.15, 0.2) is 0 Å². The number of aliphatic hydroxyl groups is 1. The lowest BCUT2D eigenvalue weighted by Gasteiger charge is -2.24. The molecule has 4 atom stereocenters. The molecule has 4 unspecified atom stereocenters. The first-order valence-electron chi connectivity index (χ1n) is 10.2. The third kappa shape index (κ3) is 12.4. The van der Waals surface area contributed by atoms with E-state index in [0.717, 1.165) is 0 Å². The zero-order valence-electron chi connectivity index (χ0n) is 18.1. The van der Waals surface area contributed by atoms with Crippen LogP contribution >= 0.6 is 0 Å². The molecule has 0 aliphatic heterocycles. The van der Waals surface area contributed by atoms with Gasteiger partial charge in [-0.25, -0.2) is 4.79 Å². The quantitative estimate of drug-likeness (QED) is 0.0903. The molecule has 5 amide bonds. The summed E-state index contributed by atoms with van der Waals surface area (Å²) >= 11 is 0. The van der Waals surface area contributed by atoms with E-state index >= 15 is 0 Å². The van der Waals surface area contributed by atoms with Crippen molar-refractivity contribution in [2.45, 2.75) is 62.7 Å². The number of carboxylic acid groups (broad SMARTS) is 1. The number of aliphatic hydroxyl groups excluding tert-OH is 1. The highest BCUT2D eigenvalue weighted by Gasteiger charge is 2.30. The van der Waals surface area contributed by atoms with E-state index in [1.165, 1.54) is 0 Å². The molecule has 0 aliphatic rings. The Morgan fingerprint density at radius 1 is 0.758 bits per heavy atom. The highest BCUT2D eigenvalue weighted by molar-refractivity contribution is 5.95. The molecule has 0 spiro atoms. The first-order chi connectivity index (χ1) is 15.4. The lowest BCUT2D eigenvalue weighted by atomic mass is 10.1. The summed E-state index contributed by atoms with van der Waals surface area (Å²) in [4.78, 5) is 70.3. The van der Waals surface area contributed by atoms with Crippen molar-refractivity contribution in [3.63, 3.8) is 0 Å². The van der Waals surface area contributed by atoms with Gasteiger partial charge in [0.25, 0.3) is 0 Å². The van der Waals surface area contributed by atoms with Gasteiger partial charge in [0.15, 0.2) is 0 Å². The SMILES string of the molecule is NCCCCC(NC(=O)C(CO)NC(=O)C(N)CCC(N)=O)C(=O)NC(CC(N)=O)C(=O)O. The molecule has 0 radical (unpaired) electrons. The van der Waals surface area contributed by atoms with Gasteiger partial charge in [-0.3, -0.25) is 24.0 Å². The van der Waals surface area contributed by atoms with Crippen LogP contribution in [0.25, 0.3) is 0 Å². The number of primary amides is 2. The van der Waals surface area contributed by atoms with Gasteiger partial charge in [-0.1, -0.05) is 0 Å². The minimum atomic E-state index is -1.61. The van der Waals surface area contributed by atoms with Gasteiger partial charge in [-0.2, -0.15) is 0 Å². The second-order valence-corrected chi connectivity index (χ2v) is 7.27. The molecule has 15 nitrogen and oxygen atoms in total. The lowest BCUT2D eigenvalue weighted by Crippen LogP contribution is -2.58. The number of unbranched alkanes of at least 4 members (excludes halogenated alkanes) is 1. The van der Waals surface area contributed by atoms with Crippen LogP contribution in [0, 0.1) is 0 Å². The summed E-state index contributed by atoms with van der Waals surface area (Å²) in [7, 11) is 0. The van der Waals surface area contributed by atoms with E-state index in [1.807, 2.05) is 0 Å². The maximum absolute atomic E-state index is 12.6. The molecule has 13 N–H and O–H groups in total. The van der Waals surface area contributed by atoms with Gasteiger partial charge in [0, 0.05) is 6.42 Å². The molecule has 0 aromatic rings. The number of carboxylic acids is 1. The maximum atomic E-state index is 12.6. The number of carbonyl (C=O) groups excluding carboxylic acids is 5. The Balaban J connectivity index is 5.26. The fourth-order valence-corrected chi connectivity index (χ4v) is 2.61. The van der Waals surface area contributed by atoms with Crippen molar-refractivity contribution < 1.29 is 39.0 Å². The smallest absolute Gasteiger partial charge is 0.326 e. The number of amides is 5. The molecule has 0 heterocycles. The third-order valence-electron chi connectivity index (χ3n) is 4.45. The van der Waals surface area contributed by atoms with E-state index in [-0.39, 0.29) is 19.3 Å². The van der Waals surface area contributed by atoms with Crippen molar-refractivity contribution in [1.82, 2.24) is 16.0 Å². The van der Waals surface area contributed by atoms with Gasteiger partial charge in [0.05, 0.1) is 19.1 Å². The third-order valence-corrected chi connectivity index (χ3v) is 4.45. The number of hydrogen-bond donors (Lipinski definition) is 9. The van der Waals surface area contributed by atoms with E-state index in [4.69, 9.17) is 28.0 Å². The van der Waals surface area contributed by atoms with E-state index in [2.05, 4.69) is 16.0 Å². The molecular weight excluding hydrogens is 442 g/mol. The minimum Gasteiger partial charge on any atom is -0.480 e. The summed E-state index contributed by atoms with van der Waals surface area (Å²) in [6.45, 7) is -0.531. The van der Waals surface area contributed by atoms with Crippen molar-refractivity contribution in [2.75, 3.05) is 13.2 Å². The predicted molar refractivity (Wildman–Crippen MR) is 114 cm³/mol. The molecule has 33 heavy (non-hydrogen) atoms. The maximum Gasteiger partial charge on any atom is 0.326 e. The highest BCUT2D eigenvalue weighted by atomic mass is 16.4. The normalized spacial score (nSPS) is 14.3. The van der Waals surface area contributed by atoms with Gasteiger partial charge in [0.2, 0.25) is 29.5 Å². The average molecular weight is 476 g/mol. The van der Waals surface area contributed by atoms with Crippen molar-refractivity contribution in [3.8, 4) is 0 Å². The molecule has 0 bridgehead atoms. The summed E-state index contributed by atoms with van der Waals surface area (Å²) < 4.78 is 0. The molecular formula is C18H33N7O8. The molecule has 0 rings (SSSR count). The Bertz CT molecular complexity index is 718. The number of nitrogens with two attached hydrogens (primary N) is 4. The number of nitrogens with one attached hydrogen (secondary N) is 3. The molecule has 15 heteroatoms. The fraction of sp³-hybridized carbons (Fsp3) is 0.667. The van der Waals surface area contributed by atoms with Crippen molar-refractivity contribution in [2.24, 2.45) is 22.9 Å². The van der Waals surface area contributed by atoms with Gasteiger partial charge < -0.3 is 49.1 Å². The van der Waals surface area contributed by atoms with E-state index in [0.29, 0.717) is 19.4 Å². The molecule has 0 fully saturated rings. The Morgan fingerprint density at radius 2 is 1.30 bits per heavy atom. The van der Waals surface area contributed by atoms with E-state index in [1.54, 1.807) is 0 Å². The van der Waals surface area contributed by atoms with Crippen LogP contribution < -0.4 is 38.9 Å². The van der Waals surface area contributed by atoms with Crippen LogP contribution in [0.5, 0.6) is 0 Å². The van der Waals surface area contributed by atoms with E-state index in [9.17, 15) is 33.9 Å². The number of carbonyl (C=O) groups is 6. The lowest BCUT2D eigenvalue weighted by molar-refractivity contribution is -0.143. The van der Waals surface area contributed by atoms with Crippen molar-refractivity contribution in [1.29, 1.82) is 0 Å². The second-order valence-electron chi connectivity index (χ2n) is 7.27. The molecule has 0 aromatic carbocycles. The summed E-state index contributed by atoms with van der Waals surface area (Å²) in [5.74, 6) is -5.81. The second kappa shape index (κ2) is 15.5.